The number of hydrogen-bond donors (Lipinski definition) is 1. The fraction of sp³-hybridized carbons (Fsp3) is 0.167. The average Bonchev–Trinajstić information content (AvgIpc) is 3.14. The molecule has 1 aliphatic heterocycles. The lowest BCUT2D eigenvalue weighted by Crippen LogP contribution is -2.30. The Hall–Kier alpha value is -3.67. The number of benzene rings is 2. The number of aromatic nitrogens is 1. The van der Waals surface area contributed by atoms with Gasteiger partial charge < -0.3 is 9.88 Å². The number of rotatable bonds is 4. The van der Waals surface area contributed by atoms with E-state index in [0.29, 0.717) is 5.69 Å². The van der Waals surface area contributed by atoms with Crippen molar-refractivity contribution in [1.29, 1.82) is 0 Å². The first-order valence-electron chi connectivity index (χ1n) is 9.69. The van der Waals surface area contributed by atoms with Crippen molar-refractivity contribution >= 4 is 18.0 Å². The molecule has 4 rings (SSSR count). The van der Waals surface area contributed by atoms with Gasteiger partial charge in [0.1, 0.15) is 11.5 Å². The molecule has 1 aliphatic rings. The van der Waals surface area contributed by atoms with Gasteiger partial charge in [0.05, 0.1) is 12.2 Å². The fourth-order valence-corrected chi connectivity index (χ4v) is 3.68. The SMILES string of the molecule is Cc1ccc(CN2C(=O)NC(=Cc3cc(C)n(-c4ccccc4F)c3C)C2=O)cc1. The number of urea groups is 1. The number of halogens is 1. The second kappa shape index (κ2) is 7.63. The van der Waals surface area contributed by atoms with Crippen molar-refractivity contribution < 1.29 is 14.0 Å². The average molecular weight is 403 g/mol. The molecule has 5 nitrogen and oxygen atoms in total. The van der Waals surface area contributed by atoms with Crippen molar-refractivity contribution in [3.05, 3.63) is 94.2 Å². The Kier molecular flexibility index (Phi) is 4.99. The van der Waals surface area contributed by atoms with Crippen molar-refractivity contribution in [2.24, 2.45) is 0 Å². The molecule has 152 valence electrons. The highest BCUT2D eigenvalue weighted by atomic mass is 19.1. The third-order valence-electron chi connectivity index (χ3n) is 5.29. The normalized spacial score (nSPS) is 15.2. The molecule has 1 N–H and O–H groups in total. The van der Waals surface area contributed by atoms with E-state index in [1.165, 1.54) is 11.0 Å². The smallest absolute Gasteiger partial charge is 0.315 e. The van der Waals surface area contributed by atoms with E-state index in [1.807, 2.05) is 51.1 Å². The van der Waals surface area contributed by atoms with Crippen LogP contribution in [0.5, 0.6) is 0 Å². The van der Waals surface area contributed by atoms with Crippen LogP contribution in [0.4, 0.5) is 9.18 Å². The summed E-state index contributed by atoms with van der Waals surface area (Å²) in [5, 5.41) is 2.66. The minimum atomic E-state index is -0.449. The first-order chi connectivity index (χ1) is 14.3. The van der Waals surface area contributed by atoms with Crippen LogP contribution in [0.3, 0.4) is 0 Å². The largest absolute Gasteiger partial charge is 0.329 e. The maximum Gasteiger partial charge on any atom is 0.329 e. The quantitative estimate of drug-likeness (QED) is 0.510. The third kappa shape index (κ3) is 3.52. The highest BCUT2D eigenvalue weighted by molar-refractivity contribution is 6.14. The summed E-state index contributed by atoms with van der Waals surface area (Å²) in [4.78, 5) is 26.4. The lowest BCUT2D eigenvalue weighted by molar-refractivity contribution is -0.123. The van der Waals surface area contributed by atoms with E-state index in [-0.39, 0.29) is 24.0 Å². The molecule has 1 saturated heterocycles. The predicted molar refractivity (Wildman–Crippen MR) is 113 cm³/mol. The zero-order chi connectivity index (χ0) is 21.4. The summed E-state index contributed by atoms with van der Waals surface area (Å²) in [6.07, 6.45) is 1.65. The van der Waals surface area contributed by atoms with Gasteiger partial charge in [0.15, 0.2) is 0 Å². The van der Waals surface area contributed by atoms with E-state index in [1.54, 1.807) is 28.8 Å². The van der Waals surface area contributed by atoms with Crippen molar-refractivity contribution in [2.45, 2.75) is 27.3 Å². The van der Waals surface area contributed by atoms with Gasteiger partial charge in [0.25, 0.3) is 5.91 Å². The summed E-state index contributed by atoms with van der Waals surface area (Å²) in [7, 11) is 0. The fourth-order valence-electron chi connectivity index (χ4n) is 3.68. The number of hydrogen-bond acceptors (Lipinski definition) is 2. The molecule has 1 aromatic heterocycles. The number of nitrogens with one attached hydrogen (secondary N) is 1. The molecule has 6 heteroatoms. The first-order valence-corrected chi connectivity index (χ1v) is 9.69. The van der Waals surface area contributed by atoms with Crippen LogP contribution >= 0.6 is 0 Å². The van der Waals surface area contributed by atoms with Crippen LogP contribution in [0.25, 0.3) is 11.8 Å². The monoisotopic (exact) mass is 403 g/mol. The summed E-state index contributed by atoms with van der Waals surface area (Å²) in [6.45, 7) is 5.92. The van der Waals surface area contributed by atoms with Crippen LogP contribution in [0.15, 0.2) is 60.3 Å². The summed E-state index contributed by atoms with van der Waals surface area (Å²) in [5.41, 5.74) is 5.00. The van der Waals surface area contributed by atoms with Crippen LogP contribution in [0.1, 0.15) is 28.1 Å². The molecule has 3 aromatic rings. The summed E-state index contributed by atoms with van der Waals surface area (Å²) in [5.74, 6) is -0.704. The predicted octanol–water partition coefficient (Wildman–Crippen LogP) is 4.63. The lowest BCUT2D eigenvalue weighted by atomic mass is 10.1. The van der Waals surface area contributed by atoms with Gasteiger partial charge in [0, 0.05) is 11.4 Å². The number of nitrogens with zero attached hydrogens (tertiary/aromatic N) is 2. The molecular formula is C24H22FN3O2. The lowest BCUT2D eigenvalue weighted by Gasteiger charge is -2.12. The van der Waals surface area contributed by atoms with Crippen LogP contribution in [-0.2, 0) is 11.3 Å². The van der Waals surface area contributed by atoms with Crippen LogP contribution in [0.2, 0.25) is 0 Å². The van der Waals surface area contributed by atoms with Gasteiger partial charge in [-0.25, -0.2) is 9.18 Å². The van der Waals surface area contributed by atoms with E-state index in [0.717, 1.165) is 28.1 Å². The van der Waals surface area contributed by atoms with Gasteiger partial charge in [-0.05, 0) is 56.2 Å². The number of carbonyl (C=O) groups is 2. The summed E-state index contributed by atoms with van der Waals surface area (Å²) >= 11 is 0. The zero-order valence-corrected chi connectivity index (χ0v) is 17.1. The highest BCUT2D eigenvalue weighted by Crippen LogP contribution is 2.25. The molecule has 3 amide bonds. The molecule has 30 heavy (non-hydrogen) atoms. The van der Waals surface area contributed by atoms with E-state index in [4.69, 9.17) is 0 Å². The number of amides is 3. The molecular weight excluding hydrogens is 381 g/mol. The van der Waals surface area contributed by atoms with Crippen molar-refractivity contribution in [1.82, 2.24) is 14.8 Å². The Labute approximate surface area is 174 Å². The van der Waals surface area contributed by atoms with Crippen LogP contribution in [-0.4, -0.2) is 21.4 Å². The molecule has 0 radical (unpaired) electrons. The highest BCUT2D eigenvalue weighted by Gasteiger charge is 2.33. The maximum atomic E-state index is 14.3. The van der Waals surface area contributed by atoms with Crippen molar-refractivity contribution in [2.75, 3.05) is 0 Å². The van der Waals surface area contributed by atoms with Crippen LogP contribution in [0, 0.1) is 26.6 Å². The number of aryl methyl sites for hydroxylation is 2. The maximum absolute atomic E-state index is 14.3. The van der Waals surface area contributed by atoms with Gasteiger partial charge in [-0.1, -0.05) is 42.0 Å². The summed E-state index contributed by atoms with van der Waals surface area (Å²) < 4.78 is 16.1. The van der Waals surface area contributed by atoms with Gasteiger partial charge in [0.2, 0.25) is 0 Å². The Bertz CT molecular complexity index is 1180. The second-order valence-corrected chi connectivity index (χ2v) is 7.48. The second-order valence-electron chi connectivity index (χ2n) is 7.48. The molecule has 2 heterocycles. The molecule has 1 fully saturated rings. The summed E-state index contributed by atoms with van der Waals surface area (Å²) in [6, 6.07) is 15.7. The number of carbonyl (C=O) groups excluding carboxylic acids is 2. The molecule has 0 unspecified atom stereocenters. The van der Waals surface area contributed by atoms with Gasteiger partial charge in [-0.3, -0.25) is 9.69 Å². The Balaban J connectivity index is 1.63. The van der Waals surface area contributed by atoms with Gasteiger partial charge in [-0.15, -0.1) is 0 Å². The van der Waals surface area contributed by atoms with E-state index in [9.17, 15) is 14.0 Å². The zero-order valence-electron chi connectivity index (χ0n) is 17.1. The Morgan fingerprint density at radius 1 is 1.00 bits per heavy atom. The molecule has 0 saturated carbocycles. The van der Waals surface area contributed by atoms with E-state index in [2.05, 4.69) is 5.32 Å². The molecule has 0 bridgehead atoms. The molecule has 2 aromatic carbocycles. The number of para-hydroxylation sites is 1. The molecule has 0 spiro atoms. The Morgan fingerprint density at radius 3 is 2.40 bits per heavy atom. The van der Waals surface area contributed by atoms with Crippen molar-refractivity contribution in [3.8, 4) is 5.69 Å². The first kappa shape index (κ1) is 19.6. The van der Waals surface area contributed by atoms with Gasteiger partial charge in [-0.2, -0.15) is 0 Å². The van der Waals surface area contributed by atoms with Gasteiger partial charge >= 0.3 is 6.03 Å². The standard InChI is InChI=1S/C24H22FN3O2/c1-15-8-10-18(11-9-15)14-27-23(29)21(26-24(27)30)13-19-12-16(2)28(17(19)3)22-7-5-4-6-20(22)25/h4-13H,14H2,1-3H3,(H,26,30). The third-order valence-corrected chi connectivity index (χ3v) is 5.29. The minimum absolute atomic E-state index is 0.205. The molecule has 0 aliphatic carbocycles. The van der Waals surface area contributed by atoms with Crippen molar-refractivity contribution in [3.63, 3.8) is 0 Å². The van der Waals surface area contributed by atoms with E-state index >= 15 is 0 Å². The molecule has 0 atom stereocenters. The Morgan fingerprint density at radius 2 is 1.70 bits per heavy atom. The van der Waals surface area contributed by atoms with Crippen LogP contribution < -0.4 is 5.32 Å². The van der Waals surface area contributed by atoms with E-state index < -0.39 is 6.03 Å². The topological polar surface area (TPSA) is 54.3 Å². The number of imide groups is 1. The minimum Gasteiger partial charge on any atom is -0.315 e.